The average molecular weight is 807 g/mol. The van der Waals surface area contributed by atoms with Crippen molar-refractivity contribution in [3.8, 4) is 17.6 Å². The van der Waals surface area contributed by atoms with E-state index in [0.717, 1.165) is 22.3 Å². The number of aromatic amines is 1. The third-order valence-corrected chi connectivity index (χ3v) is 12.3. The van der Waals surface area contributed by atoms with Crippen molar-refractivity contribution in [3.05, 3.63) is 164 Å². The molecule has 0 bridgehead atoms. The molecule has 304 valence electrons. The maximum Gasteiger partial charge on any atom is 0.330 e. The lowest BCUT2D eigenvalue weighted by molar-refractivity contribution is -0.0926. The monoisotopic (exact) mass is 806 g/mol. The summed E-state index contributed by atoms with van der Waals surface area (Å²) in [6, 6.07) is 35.1. The first kappa shape index (κ1) is 42.5. The summed E-state index contributed by atoms with van der Waals surface area (Å²) < 4.78 is 42.4. The van der Waals surface area contributed by atoms with Gasteiger partial charge in [0.15, 0.2) is 0 Å². The van der Waals surface area contributed by atoms with Crippen molar-refractivity contribution >= 4 is 8.53 Å². The minimum atomic E-state index is -1.70. The number of benzene rings is 4. The molecular formula is C45H51N4O8P. The molecule has 12 nitrogen and oxygen atoms in total. The fraction of sp³-hybridized carbons (Fsp3) is 0.356. The second-order valence-corrected chi connectivity index (χ2v) is 16.1. The van der Waals surface area contributed by atoms with E-state index in [1.54, 1.807) is 33.3 Å². The Morgan fingerprint density at radius 1 is 0.862 bits per heavy atom. The van der Waals surface area contributed by atoms with Gasteiger partial charge in [0.05, 0.1) is 45.2 Å². The number of nitrogens with zero attached hydrogens (tertiary/aromatic N) is 3. The van der Waals surface area contributed by atoms with Crippen molar-refractivity contribution < 1.29 is 28.0 Å². The maximum absolute atomic E-state index is 13.3. The summed E-state index contributed by atoms with van der Waals surface area (Å²) in [7, 11) is 1.56. The van der Waals surface area contributed by atoms with Gasteiger partial charge in [0, 0.05) is 30.3 Å². The molecule has 13 heteroatoms. The Morgan fingerprint density at radius 3 is 1.97 bits per heavy atom. The molecule has 1 aromatic heterocycles. The van der Waals surface area contributed by atoms with Crippen LogP contribution >= 0.6 is 8.53 Å². The van der Waals surface area contributed by atoms with Gasteiger partial charge in [-0.05, 0) is 93.3 Å². The van der Waals surface area contributed by atoms with Gasteiger partial charge in [0.25, 0.3) is 14.1 Å². The first-order chi connectivity index (χ1) is 28.0. The van der Waals surface area contributed by atoms with Crippen molar-refractivity contribution in [3.63, 3.8) is 0 Å². The predicted molar refractivity (Wildman–Crippen MR) is 223 cm³/mol. The molecule has 4 atom stereocenters. The summed E-state index contributed by atoms with van der Waals surface area (Å²) in [5, 5.41) is 9.33. The van der Waals surface area contributed by atoms with E-state index in [1.807, 2.05) is 91.0 Å². The van der Waals surface area contributed by atoms with Gasteiger partial charge in [0.1, 0.15) is 29.4 Å². The number of hydrogen-bond acceptors (Lipinski definition) is 10. The van der Waals surface area contributed by atoms with Gasteiger partial charge in [-0.3, -0.25) is 14.3 Å². The molecule has 1 N–H and O–H groups in total. The van der Waals surface area contributed by atoms with Crippen LogP contribution in [-0.4, -0.2) is 59.3 Å². The Hall–Kier alpha value is -5.12. The quantitative estimate of drug-likeness (QED) is 0.0728. The number of methoxy groups -OCH3 is 2. The summed E-state index contributed by atoms with van der Waals surface area (Å²) in [5.74, 6) is 1.40. The minimum Gasteiger partial charge on any atom is -0.497 e. The van der Waals surface area contributed by atoms with E-state index < -0.39 is 43.8 Å². The van der Waals surface area contributed by atoms with Crippen LogP contribution in [0.25, 0.3) is 0 Å². The lowest BCUT2D eigenvalue weighted by Gasteiger charge is -2.39. The van der Waals surface area contributed by atoms with E-state index in [2.05, 4.69) is 43.4 Å². The smallest absolute Gasteiger partial charge is 0.330 e. The highest BCUT2D eigenvalue weighted by atomic mass is 31.2. The number of H-pyrrole nitrogens is 1. The van der Waals surface area contributed by atoms with E-state index >= 15 is 0 Å². The van der Waals surface area contributed by atoms with Gasteiger partial charge in [-0.15, -0.1) is 0 Å². The zero-order valence-corrected chi connectivity index (χ0v) is 34.8. The minimum absolute atomic E-state index is 0.0351. The Morgan fingerprint density at radius 2 is 1.43 bits per heavy atom. The molecule has 0 aliphatic carbocycles. The van der Waals surface area contributed by atoms with Crippen LogP contribution in [0.4, 0.5) is 0 Å². The van der Waals surface area contributed by atoms with Gasteiger partial charge in [0.2, 0.25) is 0 Å². The van der Waals surface area contributed by atoms with Crippen LogP contribution in [0.1, 0.15) is 73.7 Å². The molecule has 4 aromatic carbocycles. The molecule has 0 radical (unpaired) electrons. The van der Waals surface area contributed by atoms with Crippen LogP contribution < -0.4 is 20.7 Å². The molecule has 6 rings (SSSR count). The summed E-state index contributed by atoms with van der Waals surface area (Å²) in [6.07, 6.45) is -0.304. The van der Waals surface area contributed by atoms with Crippen molar-refractivity contribution in [2.75, 3.05) is 20.8 Å². The molecule has 0 spiro atoms. The van der Waals surface area contributed by atoms with Crippen molar-refractivity contribution in [2.24, 2.45) is 0 Å². The second kappa shape index (κ2) is 19.1. The van der Waals surface area contributed by atoms with Gasteiger partial charge in [-0.25, -0.2) is 9.46 Å². The topological polar surface area (TPSA) is 137 Å². The lowest BCUT2D eigenvalue weighted by Crippen LogP contribution is -2.39. The highest BCUT2D eigenvalue weighted by Gasteiger charge is 2.45. The highest BCUT2D eigenvalue weighted by Crippen LogP contribution is 2.51. The van der Waals surface area contributed by atoms with E-state index in [1.165, 1.54) is 10.8 Å². The fourth-order valence-electron chi connectivity index (χ4n) is 7.26. The molecular weight excluding hydrogens is 755 g/mol. The molecule has 1 saturated heterocycles. The van der Waals surface area contributed by atoms with E-state index in [9.17, 15) is 14.9 Å². The first-order valence-electron chi connectivity index (χ1n) is 19.3. The molecule has 1 aliphatic heterocycles. The molecule has 2 heterocycles. The number of nitrogens with one attached hydrogen (secondary N) is 1. The third-order valence-electron chi connectivity index (χ3n) is 10.2. The van der Waals surface area contributed by atoms with Crippen LogP contribution in [0.3, 0.4) is 0 Å². The number of ether oxygens (including phenoxy) is 4. The zero-order chi connectivity index (χ0) is 41.4. The first-order valence-corrected chi connectivity index (χ1v) is 20.4. The lowest BCUT2D eigenvalue weighted by atomic mass is 9.80. The number of aromatic nitrogens is 2. The van der Waals surface area contributed by atoms with Gasteiger partial charge in [-0.2, -0.15) is 5.26 Å². The predicted octanol–water partition coefficient (Wildman–Crippen LogP) is 7.98. The number of nitriles is 1. The van der Waals surface area contributed by atoms with Crippen molar-refractivity contribution in [1.29, 1.82) is 5.26 Å². The largest absolute Gasteiger partial charge is 0.497 e. The Bertz CT molecular complexity index is 2200. The molecule has 58 heavy (non-hydrogen) atoms. The van der Waals surface area contributed by atoms with Crippen molar-refractivity contribution in [2.45, 2.75) is 83.8 Å². The highest BCUT2D eigenvalue weighted by molar-refractivity contribution is 7.44. The molecule has 1 aliphatic rings. The van der Waals surface area contributed by atoms with Gasteiger partial charge in [-0.1, -0.05) is 66.7 Å². The zero-order valence-electron chi connectivity index (χ0n) is 34.0. The van der Waals surface area contributed by atoms with Crippen LogP contribution in [-0.2, 0) is 30.7 Å². The van der Waals surface area contributed by atoms with E-state index in [4.69, 9.17) is 28.0 Å². The van der Waals surface area contributed by atoms with Crippen LogP contribution in [0.15, 0.2) is 119 Å². The molecule has 2 unspecified atom stereocenters. The molecule has 1 fully saturated rings. The van der Waals surface area contributed by atoms with Gasteiger partial charge < -0.3 is 28.0 Å². The van der Waals surface area contributed by atoms with E-state index in [-0.39, 0.29) is 31.7 Å². The Labute approximate surface area is 340 Å². The summed E-state index contributed by atoms with van der Waals surface area (Å²) in [5.41, 5.74) is 2.23. The fourth-order valence-corrected chi connectivity index (χ4v) is 9.03. The van der Waals surface area contributed by atoms with E-state index in [0.29, 0.717) is 22.6 Å². The maximum atomic E-state index is 13.3. The molecule has 0 amide bonds. The molecule has 5 aromatic rings. The van der Waals surface area contributed by atoms with Crippen LogP contribution in [0.2, 0.25) is 0 Å². The Kier molecular flexibility index (Phi) is 14.0. The number of aryl methyl sites for hydroxylation is 1. The third kappa shape index (κ3) is 9.43. The van der Waals surface area contributed by atoms with Gasteiger partial charge >= 0.3 is 5.69 Å². The SMILES string of the molecule is COc1ccc(C(OC[C@H]2O[C@@H](n3cc(C)c(=O)[nH]c3=O)CC2OP(OCc2ccc(C#N)cc2)N(C(C)C)C(C)C)(c2ccccc2)c2ccc(OC)cc2)cc1. The van der Waals surface area contributed by atoms with Crippen molar-refractivity contribution in [1.82, 2.24) is 14.2 Å². The van der Waals surface area contributed by atoms with Crippen LogP contribution in [0.5, 0.6) is 11.5 Å². The molecule has 0 saturated carbocycles. The number of hydrogen-bond donors (Lipinski definition) is 1. The Balaban J connectivity index is 1.42. The summed E-state index contributed by atoms with van der Waals surface area (Å²) in [6.45, 7) is 10.3. The summed E-state index contributed by atoms with van der Waals surface area (Å²) in [4.78, 5) is 28.1. The number of rotatable bonds is 17. The van der Waals surface area contributed by atoms with Crippen LogP contribution in [0, 0.1) is 18.3 Å². The second-order valence-electron chi connectivity index (χ2n) is 14.7. The normalized spacial score (nSPS) is 17.4. The standard InChI is InChI=1S/C45H51N4O8P/c1-30(2)49(31(3)4)58(55-28-34-15-13-33(26-46)14-16-34)57-40-25-42(48-27-32(5)43(50)47-44(48)51)56-41(40)29-54-45(35-11-9-8-10-12-35,36-17-21-38(52-6)22-18-36)37-19-23-39(53-7)24-20-37/h8-24,27,30-31,40-42H,25,28-29H2,1-7H3,(H,47,50,51)/t40?,41-,42-,58?/m1/s1. The summed E-state index contributed by atoms with van der Waals surface area (Å²) >= 11 is 0. The average Bonchev–Trinajstić information content (AvgIpc) is 3.64.